The molecular formula is C14H24N4O. The molecule has 0 radical (unpaired) electrons. The molecule has 1 fully saturated rings. The van der Waals surface area contributed by atoms with Crippen molar-refractivity contribution in [2.45, 2.75) is 39.2 Å². The van der Waals surface area contributed by atoms with Gasteiger partial charge in [0, 0.05) is 31.4 Å². The first-order chi connectivity index (χ1) is 9.33. The average Bonchev–Trinajstić information content (AvgIpc) is 2.96. The molecule has 0 aliphatic carbocycles. The number of aromatic nitrogens is 2. The Labute approximate surface area is 115 Å². The molecule has 1 aromatic heterocycles. The zero-order valence-corrected chi connectivity index (χ0v) is 11.9. The number of hydrogen-bond acceptors (Lipinski definition) is 5. The van der Waals surface area contributed by atoms with Crippen LogP contribution in [-0.4, -0.2) is 42.3 Å². The lowest BCUT2D eigenvalue weighted by Crippen LogP contribution is -2.38. The molecule has 106 valence electrons. The van der Waals surface area contributed by atoms with Gasteiger partial charge in [-0.1, -0.05) is 6.92 Å². The van der Waals surface area contributed by atoms with Crippen LogP contribution in [0.4, 0.5) is 5.95 Å². The molecule has 2 heterocycles. The van der Waals surface area contributed by atoms with E-state index in [9.17, 15) is 0 Å². The first kappa shape index (κ1) is 14.1. The highest BCUT2D eigenvalue weighted by Gasteiger charge is 2.18. The Hall–Kier alpha value is -1.36. The summed E-state index contributed by atoms with van der Waals surface area (Å²) in [6, 6.07) is 2.38. The van der Waals surface area contributed by atoms with Gasteiger partial charge in [-0.3, -0.25) is 0 Å². The van der Waals surface area contributed by atoms with Gasteiger partial charge in [-0.2, -0.15) is 4.98 Å². The zero-order chi connectivity index (χ0) is 13.5. The third kappa shape index (κ3) is 4.06. The molecule has 1 N–H and O–H groups in total. The molecule has 0 amide bonds. The van der Waals surface area contributed by atoms with Crippen LogP contribution in [0.5, 0.6) is 5.88 Å². The second kappa shape index (κ2) is 7.28. The lowest BCUT2D eigenvalue weighted by molar-refractivity contribution is 0.304. The molecule has 0 saturated carbocycles. The molecule has 19 heavy (non-hydrogen) atoms. The van der Waals surface area contributed by atoms with Crippen LogP contribution in [-0.2, 0) is 0 Å². The summed E-state index contributed by atoms with van der Waals surface area (Å²) in [5.41, 5.74) is 0. The summed E-state index contributed by atoms with van der Waals surface area (Å²) < 4.78 is 5.57. The summed E-state index contributed by atoms with van der Waals surface area (Å²) >= 11 is 0. The molecular weight excluding hydrogens is 240 g/mol. The lowest BCUT2D eigenvalue weighted by Gasteiger charge is -2.24. The Morgan fingerprint density at radius 2 is 2.37 bits per heavy atom. The minimum Gasteiger partial charge on any atom is -0.478 e. The maximum absolute atomic E-state index is 5.57. The highest BCUT2D eigenvalue weighted by Crippen LogP contribution is 2.15. The molecule has 5 nitrogen and oxygen atoms in total. The van der Waals surface area contributed by atoms with Crippen LogP contribution in [0.15, 0.2) is 12.3 Å². The van der Waals surface area contributed by atoms with Crippen molar-refractivity contribution in [2.24, 2.45) is 0 Å². The van der Waals surface area contributed by atoms with Crippen molar-refractivity contribution in [1.29, 1.82) is 0 Å². The highest BCUT2D eigenvalue weighted by molar-refractivity contribution is 5.32. The van der Waals surface area contributed by atoms with Crippen molar-refractivity contribution in [1.82, 2.24) is 15.3 Å². The van der Waals surface area contributed by atoms with Crippen molar-refractivity contribution in [3.8, 4) is 5.88 Å². The largest absolute Gasteiger partial charge is 0.478 e. The molecule has 1 aliphatic rings. The number of anilines is 1. The van der Waals surface area contributed by atoms with Gasteiger partial charge in [-0.05, 0) is 32.7 Å². The zero-order valence-electron chi connectivity index (χ0n) is 11.9. The topological polar surface area (TPSA) is 50.3 Å². The normalized spacial score (nSPS) is 18.5. The Morgan fingerprint density at radius 3 is 3.05 bits per heavy atom. The first-order valence-corrected chi connectivity index (χ1v) is 7.27. The van der Waals surface area contributed by atoms with Gasteiger partial charge in [0.15, 0.2) is 0 Å². The molecule has 0 bridgehead atoms. The third-order valence-electron chi connectivity index (χ3n) is 3.34. The maximum Gasteiger partial charge on any atom is 0.228 e. The van der Waals surface area contributed by atoms with Crippen LogP contribution in [0.3, 0.4) is 0 Å². The van der Waals surface area contributed by atoms with Crippen LogP contribution in [0.25, 0.3) is 0 Å². The molecule has 1 atom stereocenters. The van der Waals surface area contributed by atoms with Crippen molar-refractivity contribution >= 4 is 5.95 Å². The minimum atomic E-state index is 0.559. The van der Waals surface area contributed by atoms with Gasteiger partial charge in [0.25, 0.3) is 0 Å². The predicted octanol–water partition coefficient (Wildman–Crippen LogP) is 1.84. The molecule has 0 spiro atoms. The van der Waals surface area contributed by atoms with Gasteiger partial charge >= 0.3 is 0 Å². The Kier molecular flexibility index (Phi) is 5.39. The Balaban J connectivity index is 2.00. The number of hydrogen-bond donors (Lipinski definition) is 1. The summed E-state index contributed by atoms with van der Waals surface area (Å²) in [6.07, 6.45) is 5.27. The second-order valence-electron chi connectivity index (χ2n) is 4.88. The quantitative estimate of drug-likeness (QED) is 0.814. The van der Waals surface area contributed by atoms with Gasteiger partial charge in [0.05, 0.1) is 6.61 Å². The highest BCUT2D eigenvalue weighted by atomic mass is 16.5. The van der Waals surface area contributed by atoms with Crippen LogP contribution < -0.4 is 15.0 Å². The molecule has 1 aromatic rings. The average molecular weight is 264 g/mol. The van der Waals surface area contributed by atoms with E-state index in [1.54, 1.807) is 6.20 Å². The van der Waals surface area contributed by atoms with Crippen LogP contribution >= 0.6 is 0 Å². The van der Waals surface area contributed by atoms with Gasteiger partial charge in [-0.25, -0.2) is 4.98 Å². The first-order valence-electron chi connectivity index (χ1n) is 7.27. The molecule has 1 unspecified atom stereocenters. The fourth-order valence-electron chi connectivity index (χ4n) is 2.30. The maximum atomic E-state index is 5.57. The number of nitrogens with zero attached hydrogens (tertiary/aromatic N) is 3. The van der Waals surface area contributed by atoms with Crippen molar-refractivity contribution < 1.29 is 4.74 Å². The number of likely N-dealkylation sites (N-methyl/N-ethyl adjacent to an activating group) is 1. The van der Waals surface area contributed by atoms with Gasteiger partial charge < -0.3 is 15.0 Å². The monoisotopic (exact) mass is 264 g/mol. The van der Waals surface area contributed by atoms with Crippen molar-refractivity contribution in [3.05, 3.63) is 12.3 Å². The minimum absolute atomic E-state index is 0.559. The summed E-state index contributed by atoms with van der Waals surface area (Å²) in [5.74, 6) is 1.44. The summed E-state index contributed by atoms with van der Waals surface area (Å²) in [5, 5.41) is 3.51. The standard InChI is InChI=1S/C14H24N4O/c1-3-10-19-13-7-9-16-14(17-13)18(4-2)11-12-6-5-8-15-12/h7,9,12,15H,3-6,8,10-11H2,1-2H3. The molecule has 1 saturated heterocycles. The van der Waals surface area contributed by atoms with E-state index in [-0.39, 0.29) is 0 Å². The number of ether oxygens (including phenoxy) is 1. The van der Waals surface area contributed by atoms with Crippen LogP contribution in [0.2, 0.25) is 0 Å². The fraction of sp³-hybridized carbons (Fsp3) is 0.714. The van der Waals surface area contributed by atoms with Crippen molar-refractivity contribution in [3.63, 3.8) is 0 Å². The van der Waals surface area contributed by atoms with E-state index in [1.807, 2.05) is 6.07 Å². The van der Waals surface area contributed by atoms with Crippen LogP contribution in [0, 0.1) is 0 Å². The summed E-state index contributed by atoms with van der Waals surface area (Å²) in [4.78, 5) is 11.1. The van der Waals surface area contributed by atoms with Gasteiger partial charge in [0.2, 0.25) is 11.8 Å². The number of nitrogens with one attached hydrogen (secondary N) is 1. The van der Waals surface area contributed by atoms with E-state index >= 15 is 0 Å². The van der Waals surface area contributed by atoms with Crippen molar-refractivity contribution in [2.75, 3.05) is 31.1 Å². The molecule has 1 aliphatic heterocycles. The molecule has 2 rings (SSSR count). The van der Waals surface area contributed by atoms with E-state index in [4.69, 9.17) is 4.74 Å². The van der Waals surface area contributed by atoms with Gasteiger partial charge in [0.1, 0.15) is 0 Å². The van der Waals surface area contributed by atoms with E-state index in [0.29, 0.717) is 18.5 Å². The van der Waals surface area contributed by atoms with E-state index in [2.05, 4.69) is 34.0 Å². The van der Waals surface area contributed by atoms with E-state index < -0.39 is 0 Å². The Morgan fingerprint density at radius 1 is 1.47 bits per heavy atom. The third-order valence-corrected chi connectivity index (χ3v) is 3.34. The summed E-state index contributed by atoms with van der Waals surface area (Å²) in [7, 11) is 0. The van der Waals surface area contributed by atoms with Gasteiger partial charge in [-0.15, -0.1) is 0 Å². The van der Waals surface area contributed by atoms with E-state index in [1.165, 1.54) is 12.8 Å². The SMILES string of the molecule is CCCOc1ccnc(N(CC)CC2CCCN2)n1. The molecule has 0 aromatic carbocycles. The Bertz CT molecular complexity index is 379. The number of rotatable bonds is 7. The van der Waals surface area contributed by atoms with E-state index in [0.717, 1.165) is 32.0 Å². The smallest absolute Gasteiger partial charge is 0.228 e. The summed E-state index contributed by atoms with van der Waals surface area (Å²) in [6.45, 7) is 7.93. The lowest BCUT2D eigenvalue weighted by atomic mass is 10.2. The predicted molar refractivity (Wildman–Crippen MR) is 76.7 cm³/mol. The molecule has 5 heteroatoms. The second-order valence-corrected chi connectivity index (χ2v) is 4.88. The van der Waals surface area contributed by atoms with Crippen LogP contribution in [0.1, 0.15) is 33.1 Å². The fourth-order valence-corrected chi connectivity index (χ4v) is 2.30.